The van der Waals surface area contributed by atoms with Crippen molar-refractivity contribution in [2.24, 2.45) is 0 Å². The van der Waals surface area contributed by atoms with Crippen LogP contribution in [0.5, 0.6) is 0 Å². The molecule has 1 aliphatic heterocycles. The highest BCUT2D eigenvalue weighted by molar-refractivity contribution is 6.33. The zero-order valence-corrected chi connectivity index (χ0v) is 14.4. The van der Waals surface area contributed by atoms with Gasteiger partial charge in [0.2, 0.25) is 0 Å². The summed E-state index contributed by atoms with van der Waals surface area (Å²) in [6, 6.07) is 11.7. The number of hydrogen-bond donors (Lipinski definition) is 1. The maximum absolute atomic E-state index is 9.18. The highest BCUT2D eigenvalue weighted by Gasteiger charge is 2.11. The highest BCUT2D eigenvalue weighted by Crippen LogP contribution is 2.26. The summed E-state index contributed by atoms with van der Waals surface area (Å²) in [7, 11) is 0. The molecule has 1 fully saturated rings. The van der Waals surface area contributed by atoms with Gasteiger partial charge in [0.25, 0.3) is 0 Å². The number of hydrogen-bond acceptors (Lipinski definition) is 4. The summed E-state index contributed by atoms with van der Waals surface area (Å²) < 4.78 is 0. The molecular weight excluding hydrogens is 320 g/mol. The minimum atomic E-state index is 0.552. The average molecular weight is 341 g/mol. The van der Waals surface area contributed by atoms with Crippen LogP contribution in [0, 0.1) is 11.3 Å². The van der Waals surface area contributed by atoms with Crippen molar-refractivity contribution in [3.63, 3.8) is 0 Å². The molecule has 1 saturated heterocycles. The molecule has 124 valence electrons. The first-order valence-corrected chi connectivity index (χ1v) is 8.78. The fourth-order valence-corrected chi connectivity index (χ4v) is 3.24. The number of nitrogens with zero attached hydrogens (tertiary/aromatic N) is 3. The van der Waals surface area contributed by atoms with Crippen LogP contribution in [0.15, 0.2) is 36.5 Å². The van der Waals surface area contributed by atoms with Gasteiger partial charge in [0, 0.05) is 25.8 Å². The van der Waals surface area contributed by atoms with Gasteiger partial charge in [-0.05, 0) is 36.6 Å². The van der Waals surface area contributed by atoms with Crippen LogP contribution >= 0.6 is 11.6 Å². The van der Waals surface area contributed by atoms with Crippen LogP contribution in [0.25, 0.3) is 0 Å². The number of para-hydroxylation sites is 1. The summed E-state index contributed by atoms with van der Waals surface area (Å²) in [5.41, 5.74) is 2.30. The molecule has 0 bridgehead atoms. The lowest BCUT2D eigenvalue weighted by Crippen LogP contribution is -2.24. The number of halogens is 1. The Balaban J connectivity index is 1.66. The maximum atomic E-state index is 9.18. The lowest BCUT2D eigenvalue weighted by atomic mass is 10.2. The lowest BCUT2D eigenvalue weighted by Gasteiger charge is -2.21. The van der Waals surface area contributed by atoms with E-state index in [4.69, 9.17) is 11.6 Å². The number of nitriles is 1. The van der Waals surface area contributed by atoms with Crippen molar-refractivity contribution >= 4 is 23.1 Å². The number of anilines is 2. The number of benzene rings is 1. The first-order valence-electron chi connectivity index (χ1n) is 8.40. The van der Waals surface area contributed by atoms with Crippen LogP contribution in [0.3, 0.4) is 0 Å². The van der Waals surface area contributed by atoms with Crippen molar-refractivity contribution in [2.75, 3.05) is 23.3 Å². The monoisotopic (exact) mass is 340 g/mol. The van der Waals surface area contributed by atoms with Crippen molar-refractivity contribution in [1.29, 1.82) is 5.26 Å². The second kappa shape index (κ2) is 8.03. The van der Waals surface area contributed by atoms with Crippen molar-refractivity contribution in [2.45, 2.75) is 32.2 Å². The molecule has 24 heavy (non-hydrogen) atoms. The summed E-state index contributed by atoms with van der Waals surface area (Å²) in [6.45, 7) is 2.77. The van der Waals surface area contributed by atoms with Gasteiger partial charge in [-0.15, -0.1) is 0 Å². The Morgan fingerprint density at radius 3 is 2.58 bits per heavy atom. The molecular formula is C19H21ClN4. The second-order valence-corrected chi connectivity index (χ2v) is 6.46. The molecule has 1 aromatic carbocycles. The molecule has 0 unspecified atom stereocenters. The number of nitrogens with one attached hydrogen (secondary N) is 1. The average Bonchev–Trinajstić information content (AvgIpc) is 2.90. The first kappa shape index (κ1) is 16.6. The number of rotatable bonds is 4. The molecule has 3 rings (SSSR count). The van der Waals surface area contributed by atoms with E-state index in [0.29, 0.717) is 22.8 Å². The van der Waals surface area contributed by atoms with Gasteiger partial charge in [-0.1, -0.05) is 36.6 Å². The Kier molecular flexibility index (Phi) is 5.55. The van der Waals surface area contributed by atoms with E-state index in [1.807, 2.05) is 6.20 Å². The molecule has 1 aliphatic rings. The van der Waals surface area contributed by atoms with Gasteiger partial charge in [-0.3, -0.25) is 0 Å². The standard InChI is InChI=1S/C19H21ClN4/c20-17-7-5-6-16(12-21)19(17)23-14-15-8-9-18(22-13-15)24-10-3-1-2-4-11-24/h5-9,13,23H,1-4,10-11,14H2. The van der Waals surface area contributed by atoms with Crippen molar-refractivity contribution in [3.05, 3.63) is 52.7 Å². The Bertz CT molecular complexity index is 713. The zero-order chi connectivity index (χ0) is 16.8. The largest absolute Gasteiger partial charge is 0.379 e. The fourth-order valence-electron chi connectivity index (χ4n) is 3.00. The van der Waals surface area contributed by atoms with Gasteiger partial charge in [-0.2, -0.15) is 5.26 Å². The van der Waals surface area contributed by atoms with E-state index in [1.54, 1.807) is 18.2 Å². The topological polar surface area (TPSA) is 52.0 Å². The van der Waals surface area contributed by atoms with Crippen LogP contribution in [-0.4, -0.2) is 18.1 Å². The van der Waals surface area contributed by atoms with E-state index in [9.17, 15) is 5.26 Å². The molecule has 0 amide bonds. The van der Waals surface area contributed by atoms with Crippen LogP contribution in [0.4, 0.5) is 11.5 Å². The van der Waals surface area contributed by atoms with Gasteiger partial charge in [0.1, 0.15) is 11.9 Å². The molecule has 1 aromatic heterocycles. The van der Waals surface area contributed by atoms with Crippen LogP contribution < -0.4 is 10.2 Å². The summed E-state index contributed by atoms with van der Waals surface area (Å²) >= 11 is 6.18. The summed E-state index contributed by atoms with van der Waals surface area (Å²) in [6.07, 6.45) is 7.02. The quantitative estimate of drug-likeness (QED) is 0.883. The third kappa shape index (κ3) is 3.98. The molecule has 5 heteroatoms. The molecule has 0 aliphatic carbocycles. The van der Waals surface area contributed by atoms with E-state index in [1.165, 1.54) is 25.7 Å². The molecule has 2 aromatic rings. The van der Waals surface area contributed by atoms with Crippen LogP contribution in [0.1, 0.15) is 36.8 Å². The fraction of sp³-hybridized carbons (Fsp3) is 0.368. The summed E-state index contributed by atoms with van der Waals surface area (Å²) in [4.78, 5) is 6.98. The van der Waals surface area contributed by atoms with E-state index in [-0.39, 0.29) is 0 Å². The van der Waals surface area contributed by atoms with E-state index >= 15 is 0 Å². The molecule has 0 atom stereocenters. The summed E-state index contributed by atoms with van der Waals surface area (Å²) in [5.74, 6) is 1.05. The Hall–Kier alpha value is -2.25. The first-order chi connectivity index (χ1) is 11.8. The molecule has 0 saturated carbocycles. The smallest absolute Gasteiger partial charge is 0.128 e. The van der Waals surface area contributed by atoms with E-state index < -0.39 is 0 Å². The SMILES string of the molecule is N#Cc1cccc(Cl)c1NCc1ccc(N2CCCCCC2)nc1. The lowest BCUT2D eigenvalue weighted by molar-refractivity contribution is 0.726. The van der Waals surface area contributed by atoms with E-state index in [2.05, 4.69) is 33.4 Å². The summed E-state index contributed by atoms with van der Waals surface area (Å²) in [5, 5.41) is 13.0. The molecule has 2 heterocycles. The predicted molar refractivity (Wildman–Crippen MR) is 98.4 cm³/mol. The molecule has 0 radical (unpaired) electrons. The van der Waals surface area contributed by atoms with Crippen molar-refractivity contribution < 1.29 is 0 Å². The Labute approximate surface area is 148 Å². The minimum absolute atomic E-state index is 0.552. The minimum Gasteiger partial charge on any atom is -0.379 e. The normalized spacial score (nSPS) is 14.8. The third-order valence-corrected chi connectivity index (χ3v) is 4.66. The second-order valence-electron chi connectivity index (χ2n) is 6.05. The molecule has 4 nitrogen and oxygen atoms in total. The number of pyridine rings is 1. The highest BCUT2D eigenvalue weighted by atomic mass is 35.5. The van der Waals surface area contributed by atoms with Crippen molar-refractivity contribution in [1.82, 2.24) is 4.98 Å². The predicted octanol–water partition coefficient (Wildman–Crippen LogP) is 4.60. The van der Waals surface area contributed by atoms with Gasteiger partial charge in [0.15, 0.2) is 0 Å². The zero-order valence-electron chi connectivity index (χ0n) is 13.6. The van der Waals surface area contributed by atoms with E-state index in [0.717, 1.165) is 24.5 Å². The van der Waals surface area contributed by atoms with Crippen LogP contribution in [0.2, 0.25) is 5.02 Å². The third-order valence-electron chi connectivity index (χ3n) is 4.34. The van der Waals surface area contributed by atoms with Gasteiger partial charge < -0.3 is 10.2 Å². The van der Waals surface area contributed by atoms with Crippen molar-refractivity contribution in [3.8, 4) is 6.07 Å². The molecule has 0 spiro atoms. The Morgan fingerprint density at radius 2 is 1.92 bits per heavy atom. The maximum Gasteiger partial charge on any atom is 0.128 e. The van der Waals surface area contributed by atoms with Crippen LogP contribution in [-0.2, 0) is 6.54 Å². The van der Waals surface area contributed by atoms with Gasteiger partial charge in [-0.25, -0.2) is 4.98 Å². The Morgan fingerprint density at radius 1 is 1.12 bits per heavy atom. The molecule has 1 N–H and O–H groups in total. The van der Waals surface area contributed by atoms with Gasteiger partial charge >= 0.3 is 0 Å². The van der Waals surface area contributed by atoms with Gasteiger partial charge in [0.05, 0.1) is 16.3 Å². The number of aromatic nitrogens is 1.